The number of benzene rings is 1. The highest BCUT2D eigenvalue weighted by Gasteiger charge is 2.06. The normalized spacial score (nSPS) is 10.6. The van der Waals surface area contributed by atoms with Crippen molar-refractivity contribution in [3.8, 4) is 0 Å². The minimum Gasteiger partial charge on any atom is -0.264 e. The summed E-state index contributed by atoms with van der Waals surface area (Å²) in [5.41, 5.74) is 2.69. The molecule has 0 aliphatic rings. The zero-order valence-corrected chi connectivity index (χ0v) is 8.15. The van der Waals surface area contributed by atoms with Crippen LogP contribution in [0.3, 0.4) is 0 Å². The van der Waals surface area contributed by atoms with Crippen LogP contribution in [0.5, 0.6) is 0 Å². The van der Waals surface area contributed by atoms with E-state index in [2.05, 4.69) is 13.8 Å². The molecule has 1 aromatic rings. The van der Waals surface area contributed by atoms with Gasteiger partial charge in [-0.3, -0.25) is 10.4 Å². The van der Waals surface area contributed by atoms with E-state index in [1.54, 1.807) is 12.1 Å². The van der Waals surface area contributed by atoms with Crippen LogP contribution >= 0.6 is 0 Å². The van der Waals surface area contributed by atoms with Gasteiger partial charge in [0.25, 0.3) is 0 Å². The Hall–Kier alpha value is -1.06. The van der Waals surface area contributed by atoms with Crippen molar-refractivity contribution in [2.75, 3.05) is 5.23 Å². The molecule has 3 heteroatoms. The maximum atomic E-state index is 8.81. The second-order valence-electron chi connectivity index (χ2n) is 3.49. The van der Waals surface area contributed by atoms with Crippen LogP contribution in [0.1, 0.15) is 30.9 Å². The van der Waals surface area contributed by atoms with Gasteiger partial charge in [-0.25, -0.2) is 0 Å². The van der Waals surface area contributed by atoms with Crippen LogP contribution in [0.2, 0.25) is 0 Å². The van der Waals surface area contributed by atoms with E-state index in [0.29, 0.717) is 11.6 Å². The second kappa shape index (κ2) is 3.77. The number of rotatable bonds is 2. The summed E-state index contributed by atoms with van der Waals surface area (Å²) >= 11 is 0. The van der Waals surface area contributed by atoms with Crippen LogP contribution in [0, 0.1) is 6.92 Å². The molecule has 0 aliphatic heterocycles. The topological polar surface area (TPSA) is 43.7 Å². The van der Waals surface area contributed by atoms with E-state index in [-0.39, 0.29) is 5.23 Å². The quantitative estimate of drug-likeness (QED) is 0.689. The van der Waals surface area contributed by atoms with Crippen molar-refractivity contribution in [1.82, 2.24) is 0 Å². The molecule has 0 bridgehead atoms. The van der Waals surface area contributed by atoms with Gasteiger partial charge >= 0.3 is 0 Å². The van der Waals surface area contributed by atoms with Crippen molar-refractivity contribution in [3.63, 3.8) is 0 Å². The Bertz CT molecular complexity index is 295. The Morgan fingerprint density at radius 1 is 1.23 bits per heavy atom. The Kier molecular flexibility index (Phi) is 2.90. The van der Waals surface area contributed by atoms with E-state index in [0.717, 1.165) is 5.56 Å². The standard InChI is InChI=1S/C10H15NO2/c1-7(2)10-6-9(11(12)13)5-4-8(10)3/h4-7,12-13H,1-3H3. The molecular formula is C10H15NO2. The maximum Gasteiger partial charge on any atom is 0.0945 e. The predicted molar refractivity (Wildman–Crippen MR) is 51.3 cm³/mol. The summed E-state index contributed by atoms with van der Waals surface area (Å²) in [6.45, 7) is 6.16. The number of hydrogen-bond acceptors (Lipinski definition) is 3. The summed E-state index contributed by atoms with van der Waals surface area (Å²) in [5, 5.41) is 17.8. The molecule has 0 fully saturated rings. The molecule has 0 aliphatic carbocycles. The molecule has 0 heterocycles. The fourth-order valence-corrected chi connectivity index (χ4v) is 1.37. The molecule has 2 N–H and O–H groups in total. The summed E-state index contributed by atoms with van der Waals surface area (Å²) in [4.78, 5) is 0. The van der Waals surface area contributed by atoms with Crippen LogP contribution in [-0.2, 0) is 0 Å². The molecule has 13 heavy (non-hydrogen) atoms. The van der Waals surface area contributed by atoms with E-state index in [4.69, 9.17) is 10.4 Å². The van der Waals surface area contributed by atoms with Crippen LogP contribution in [0.15, 0.2) is 18.2 Å². The molecule has 3 nitrogen and oxygen atoms in total. The zero-order valence-electron chi connectivity index (χ0n) is 8.15. The lowest BCUT2D eigenvalue weighted by atomic mass is 9.98. The van der Waals surface area contributed by atoms with Crippen molar-refractivity contribution in [2.45, 2.75) is 26.7 Å². The van der Waals surface area contributed by atoms with Crippen molar-refractivity contribution >= 4 is 5.69 Å². The van der Waals surface area contributed by atoms with E-state index >= 15 is 0 Å². The third-order valence-electron chi connectivity index (χ3n) is 2.12. The van der Waals surface area contributed by atoms with Crippen molar-refractivity contribution in [3.05, 3.63) is 29.3 Å². The summed E-state index contributed by atoms with van der Waals surface area (Å²) in [7, 11) is 0. The molecule has 0 aromatic heterocycles. The summed E-state index contributed by atoms with van der Waals surface area (Å²) < 4.78 is 0. The first kappa shape index (κ1) is 10.0. The lowest BCUT2D eigenvalue weighted by Gasteiger charge is -2.14. The van der Waals surface area contributed by atoms with Gasteiger partial charge in [0.1, 0.15) is 0 Å². The molecule has 0 saturated carbocycles. The first-order valence-electron chi connectivity index (χ1n) is 4.31. The van der Waals surface area contributed by atoms with E-state index in [1.165, 1.54) is 5.56 Å². The Balaban J connectivity index is 3.11. The van der Waals surface area contributed by atoms with Gasteiger partial charge in [-0.2, -0.15) is 0 Å². The first-order chi connectivity index (χ1) is 6.02. The lowest BCUT2D eigenvalue weighted by molar-refractivity contribution is 0.0291. The van der Waals surface area contributed by atoms with Gasteiger partial charge in [0.05, 0.1) is 5.69 Å². The van der Waals surface area contributed by atoms with Crippen LogP contribution in [0.25, 0.3) is 0 Å². The number of anilines is 1. The van der Waals surface area contributed by atoms with Gasteiger partial charge in [-0.1, -0.05) is 19.9 Å². The van der Waals surface area contributed by atoms with Crippen LogP contribution < -0.4 is 5.23 Å². The largest absolute Gasteiger partial charge is 0.264 e. The Labute approximate surface area is 78.1 Å². The first-order valence-corrected chi connectivity index (χ1v) is 4.31. The van der Waals surface area contributed by atoms with Gasteiger partial charge in [-0.05, 0) is 36.1 Å². The molecular weight excluding hydrogens is 166 g/mol. The number of aryl methyl sites for hydroxylation is 1. The predicted octanol–water partition coefficient (Wildman–Crippen LogP) is 2.70. The Morgan fingerprint density at radius 3 is 2.31 bits per heavy atom. The summed E-state index contributed by atoms with van der Waals surface area (Å²) in [6.07, 6.45) is 0. The van der Waals surface area contributed by atoms with Crippen molar-refractivity contribution < 1.29 is 10.4 Å². The molecule has 0 atom stereocenters. The number of nitrogens with zero attached hydrogens (tertiary/aromatic N) is 1. The minimum absolute atomic E-state index is 0.144. The molecule has 0 radical (unpaired) electrons. The zero-order chi connectivity index (χ0) is 10.0. The van der Waals surface area contributed by atoms with Crippen LogP contribution in [-0.4, -0.2) is 10.4 Å². The molecule has 0 unspecified atom stereocenters. The fourth-order valence-electron chi connectivity index (χ4n) is 1.37. The van der Waals surface area contributed by atoms with E-state index in [9.17, 15) is 0 Å². The van der Waals surface area contributed by atoms with E-state index < -0.39 is 0 Å². The molecule has 72 valence electrons. The Morgan fingerprint density at radius 2 is 1.85 bits per heavy atom. The third kappa shape index (κ3) is 2.20. The molecule has 0 spiro atoms. The van der Waals surface area contributed by atoms with Gasteiger partial charge in [-0.15, -0.1) is 5.23 Å². The van der Waals surface area contributed by atoms with Gasteiger partial charge < -0.3 is 0 Å². The monoisotopic (exact) mass is 181 g/mol. The van der Waals surface area contributed by atoms with Crippen molar-refractivity contribution in [1.29, 1.82) is 0 Å². The maximum absolute atomic E-state index is 8.81. The second-order valence-corrected chi connectivity index (χ2v) is 3.49. The third-order valence-corrected chi connectivity index (χ3v) is 2.12. The summed E-state index contributed by atoms with van der Waals surface area (Å²) in [6, 6.07) is 5.32. The highest BCUT2D eigenvalue weighted by atomic mass is 16.8. The lowest BCUT2D eigenvalue weighted by Crippen LogP contribution is -2.11. The highest BCUT2D eigenvalue weighted by Crippen LogP contribution is 2.23. The van der Waals surface area contributed by atoms with Crippen LogP contribution in [0.4, 0.5) is 5.69 Å². The molecule has 1 aromatic carbocycles. The number of hydrogen-bond donors (Lipinski definition) is 2. The summed E-state index contributed by atoms with van der Waals surface area (Å²) in [5.74, 6) is 0.389. The fraction of sp³-hybridized carbons (Fsp3) is 0.400. The molecule has 0 saturated heterocycles. The smallest absolute Gasteiger partial charge is 0.0945 e. The highest BCUT2D eigenvalue weighted by molar-refractivity contribution is 5.47. The average molecular weight is 181 g/mol. The van der Waals surface area contributed by atoms with Gasteiger partial charge in [0.15, 0.2) is 0 Å². The van der Waals surface area contributed by atoms with Crippen molar-refractivity contribution in [2.24, 2.45) is 0 Å². The molecule has 0 amide bonds. The van der Waals surface area contributed by atoms with E-state index in [1.807, 2.05) is 13.0 Å². The van der Waals surface area contributed by atoms with Gasteiger partial charge in [0.2, 0.25) is 0 Å². The van der Waals surface area contributed by atoms with Gasteiger partial charge in [0, 0.05) is 0 Å². The SMILES string of the molecule is Cc1ccc(N(O)O)cc1C(C)C. The molecule has 1 rings (SSSR count). The average Bonchev–Trinajstić information content (AvgIpc) is 2.04. The minimum atomic E-state index is 0.144.